The first kappa shape index (κ1) is 20.2. The van der Waals surface area contributed by atoms with E-state index in [9.17, 15) is 0 Å². The second kappa shape index (κ2) is 10.1. The zero-order valence-electron chi connectivity index (χ0n) is 17.3. The maximum Gasteiger partial charge on any atom is 0.191 e. The Balaban J connectivity index is 1.53. The van der Waals surface area contributed by atoms with Crippen LogP contribution in [0.25, 0.3) is 0 Å². The van der Waals surface area contributed by atoms with Crippen LogP contribution in [0.3, 0.4) is 0 Å². The lowest BCUT2D eigenvalue weighted by Crippen LogP contribution is -2.39. The van der Waals surface area contributed by atoms with Gasteiger partial charge in [-0.15, -0.1) is 0 Å². The molecule has 2 N–H and O–H groups in total. The van der Waals surface area contributed by atoms with Crippen molar-refractivity contribution in [3.05, 3.63) is 64.7 Å². The van der Waals surface area contributed by atoms with Crippen molar-refractivity contribution in [3.8, 4) is 0 Å². The molecule has 2 aromatic rings. The van der Waals surface area contributed by atoms with Crippen LogP contribution < -0.4 is 15.5 Å². The normalized spacial score (nSPS) is 14.8. The van der Waals surface area contributed by atoms with Gasteiger partial charge in [0.2, 0.25) is 0 Å². The van der Waals surface area contributed by atoms with Gasteiger partial charge in [0, 0.05) is 38.9 Å². The van der Waals surface area contributed by atoms with Crippen LogP contribution in [0.4, 0.5) is 5.69 Å². The SMILES string of the molecule is CN=C(NCCc1cc(C)cc(C)c1)NCc1ccccc1N1CCOCC1. The summed E-state index contributed by atoms with van der Waals surface area (Å²) in [6, 6.07) is 15.3. The van der Waals surface area contributed by atoms with E-state index >= 15 is 0 Å². The van der Waals surface area contributed by atoms with Gasteiger partial charge in [0.25, 0.3) is 0 Å². The van der Waals surface area contributed by atoms with E-state index in [1.807, 2.05) is 7.05 Å². The summed E-state index contributed by atoms with van der Waals surface area (Å²) in [5.74, 6) is 0.834. The van der Waals surface area contributed by atoms with Crippen LogP contribution in [-0.4, -0.2) is 45.9 Å². The Morgan fingerprint density at radius 1 is 1.04 bits per heavy atom. The summed E-state index contributed by atoms with van der Waals surface area (Å²) in [5.41, 5.74) is 6.55. The van der Waals surface area contributed by atoms with E-state index in [1.165, 1.54) is 27.9 Å². The van der Waals surface area contributed by atoms with E-state index < -0.39 is 0 Å². The highest BCUT2D eigenvalue weighted by atomic mass is 16.5. The third kappa shape index (κ3) is 5.73. The third-order valence-corrected chi connectivity index (χ3v) is 5.00. The third-order valence-electron chi connectivity index (χ3n) is 5.00. The van der Waals surface area contributed by atoms with E-state index in [0.29, 0.717) is 0 Å². The van der Waals surface area contributed by atoms with E-state index in [0.717, 1.165) is 51.8 Å². The minimum atomic E-state index is 0.747. The highest BCUT2D eigenvalue weighted by Crippen LogP contribution is 2.21. The zero-order chi connectivity index (χ0) is 19.8. The predicted octanol–water partition coefficient (Wildman–Crippen LogP) is 3.05. The van der Waals surface area contributed by atoms with Crippen LogP contribution in [0.2, 0.25) is 0 Å². The molecular formula is C23H32N4O. The van der Waals surface area contributed by atoms with Crippen molar-refractivity contribution in [2.24, 2.45) is 4.99 Å². The molecule has 0 radical (unpaired) electrons. The van der Waals surface area contributed by atoms with E-state index in [2.05, 4.69) is 76.8 Å². The first-order valence-electron chi connectivity index (χ1n) is 10.1. The predicted molar refractivity (Wildman–Crippen MR) is 117 cm³/mol. The van der Waals surface area contributed by atoms with Gasteiger partial charge >= 0.3 is 0 Å². The van der Waals surface area contributed by atoms with Gasteiger partial charge in [-0.2, -0.15) is 0 Å². The van der Waals surface area contributed by atoms with E-state index in [4.69, 9.17) is 4.74 Å². The Morgan fingerprint density at radius 3 is 2.46 bits per heavy atom. The zero-order valence-corrected chi connectivity index (χ0v) is 17.3. The molecule has 150 valence electrons. The second-order valence-corrected chi connectivity index (χ2v) is 7.33. The van der Waals surface area contributed by atoms with Crippen molar-refractivity contribution in [1.29, 1.82) is 0 Å². The second-order valence-electron chi connectivity index (χ2n) is 7.33. The molecule has 0 amide bonds. The van der Waals surface area contributed by atoms with E-state index in [-0.39, 0.29) is 0 Å². The lowest BCUT2D eigenvalue weighted by atomic mass is 10.1. The molecule has 0 spiro atoms. The molecular weight excluding hydrogens is 348 g/mol. The lowest BCUT2D eigenvalue weighted by molar-refractivity contribution is 0.122. The summed E-state index contributed by atoms with van der Waals surface area (Å²) in [7, 11) is 1.82. The lowest BCUT2D eigenvalue weighted by Gasteiger charge is -2.30. The number of ether oxygens (including phenoxy) is 1. The number of aryl methyl sites for hydroxylation is 2. The molecule has 1 fully saturated rings. The summed E-state index contributed by atoms with van der Waals surface area (Å²) in [6.07, 6.45) is 0.980. The van der Waals surface area contributed by atoms with Crippen molar-refractivity contribution in [2.45, 2.75) is 26.8 Å². The molecule has 3 rings (SSSR count). The fraction of sp³-hybridized carbons (Fsp3) is 0.435. The largest absolute Gasteiger partial charge is 0.378 e. The molecule has 1 saturated heterocycles. The maximum absolute atomic E-state index is 5.49. The molecule has 1 aliphatic rings. The fourth-order valence-electron chi connectivity index (χ4n) is 3.71. The number of anilines is 1. The standard InChI is InChI=1S/C23H32N4O/c1-18-14-19(2)16-20(15-18)8-9-25-23(24-3)26-17-21-6-4-5-7-22(21)27-10-12-28-13-11-27/h4-7,14-16H,8-13,17H2,1-3H3,(H2,24,25,26). The molecule has 2 aromatic carbocycles. The molecule has 28 heavy (non-hydrogen) atoms. The van der Waals surface area contributed by atoms with Crippen LogP contribution in [0.5, 0.6) is 0 Å². The average molecular weight is 381 g/mol. The quantitative estimate of drug-likeness (QED) is 0.597. The van der Waals surface area contributed by atoms with Crippen LogP contribution in [0, 0.1) is 13.8 Å². The number of guanidine groups is 1. The molecule has 5 heteroatoms. The van der Waals surface area contributed by atoms with Crippen molar-refractivity contribution < 1.29 is 4.74 Å². The minimum absolute atomic E-state index is 0.747. The Morgan fingerprint density at radius 2 is 1.75 bits per heavy atom. The smallest absolute Gasteiger partial charge is 0.191 e. The fourth-order valence-corrected chi connectivity index (χ4v) is 3.71. The summed E-state index contributed by atoms with van der Waals surface area (Å²) < 4.78 is 5.49. The topological polar surface area (TPSA) is 48.9 Å². The highest BCUT2D eigenvalue weighted by molar-refractivity contribution is 5.79. The Kier molecular flexibility index (Phi) is 7.31. The maximum atomic E-state index is 5.49. The Labute approximate surface area is 168 Å². The molecule has 5 nitrogen and oxygen atoms in total. The molecule has 0 atom stereocenters. The van der Waals surface area contributed by atoms with Crippen molar-refractivity contribution in [2.75, 3.05) is 44.8 Å². The molecule has 0 aromatic heterocycles. The van der Waals surface area contributed by atoms with Gasteiger partial charge in [-0.3, -0.25) is 4.99 Å². The Bertz CT molecular complexity index is 777. The van der Waals surface area contributed by atoms with Gasteiger partial charge in [0.1, 0.15) is 0 Å². The number of rotatable bonds is 6. The number of nitrogens with zero attached hydrogens (tertiary/aromatic N) is 2. The first-order valence-corrected chi connectivity index (χ1v) is 10.1. The van der Waals surface area contributed by atoms with Gasteiger partial charge in [0.15, 0.2) is 5.96 Å². The van der Waals surface area contributed by atoms with Gasteiger partial charge in [0.05, 0.1) is 13.2 Å². The highest BCUT2D eigenvalue weighted by Gasteiger charge is 2.14. The van der Waals surface area contributed by atoms with Crippen molar-refractivity contribution in [1.82, 2.24) is 10.6 Å². The summed E-state index contributed by atoms with van der Waals surface area (Å²) in [6.45, 7) is 9.38. The van der Waals surface area contributed by atoms with Crippen LogP contribution in [0.15, 0.2) is 47.5 Å². The van der Waals surface area contributed by atoms with Gasteiger partial charge < -0.3 is 20.3 Å². The molecule has 1 heterocycles. The Hall–Kier alpha value is -2.53. The van der Waals surface area contributed by atoms with Gasteiger partial charge in [-0.1, -0.05) is 47.5 Å². The van der Waals surface area contributed by atoms with Gasteiger partial charge in [-0.25, -0.2) is 0 Å². The number of hydrogen-bond donors (Lipinski definition) is 2. The number of para-hydroxylation sites is 1. The summed E-state index contributed by atoms with van der Waals surface area (Å²) >= 11 is 0. The average Bonchev–Trinajstić information content (AvgIpc) is 2.71. The van der Waals surface area contributed by atoms with Crippen LogP contribution in [-0.2, 0) is 17.7 Å². The number of benzene rings is 2. The number of aliphatic imine (C=N–C) groups is 1. The summed E-state index contributed by atoms with van der Waals surface area (Å²) in [4.78, 5) is 6.77. The monoisotopic (exact) mass is 380 g/mol. The number of nitrogens with one attached hydrogen (secondary N) is 2. The molecule has 0 unspecified atom stereocenters. The number of morpholine rings is 1. The summed E-state index contributed by atoms with van der Waals surface area (Å²) in [5, 5.41) is 6.89. The van der Waals surface area contributed by atoms with Crippen LogP contribution in [0.1, 0.15) is 22.3 Å². The molecule has 0 bridgehead atoms. The molecule has 1 aliphatic heterocycles. The van der Waals surface area contributed by atoms with Gasteiger partial charge in [-0.05, 0) is 37.5 Å². The molecule has 0 saturated carbocycles. The minimum Gasteiger partial charge on any atom is -0.378 e. The van der Waals surface area contributed by atoms with Crippen LogP contribution >= 0.6 is 0 Å². The van der Waals surface area contributed by atoms with E-state index in [1.54, 1.807) is 0 Å². The molecule has 0 aliphatic carbocycles. The van der Waals surface area contributed by atoms with Crippen molar-refractivity contribution >= 4 is 11.6 Å². The van der Waals surface area contributed by atoms with Crippen molar-refractivity contribution in [3.63, 3.8) is 0 Å². The number of hydrogen-bond acceptors (Lipinski definition) is 3. The first-order chi connectivity index (χ1) is 13.7.